The molecule has 2 heterocycles. The van der Waals surface area contributed by atoms with Gasteiger partial charge in [0.25, 0.3) is 0 Å². The van der Waals surface area contributed by atoms with Gasteiger partial charge in [0.15, 0.2) is 5.82 Å². The van der Waals surface area contributed by atoms with Crippen molar-refractivity contribution >= 4 is 11.7 Å². The minimum absolute atomic E-state index is 0.0838. The summed E-state index contributed by atoms with van der Waals surface area (Å²) in [5, 5.41) is 20.3. The van der Waals surface area contributed by atoms with Crippen molar-refractivity contribution < 1.29 is 4.79 Å². The SMILES string of the molecule is Cc1nn(CC2CC2)c(C)c1CC(=O)Nc1ccn(CCCC#N)n1. The molecule has 2 aromatic rings. The second-order valence-electron chi connectivity index (χ2n) is 6.73. The van der Waals surface area contributed by atoms with Crippen LogP contribution in [0.25, 0.3) is 0 Å². The van der Waals surface area contributed by atoms with Crippen molar-refractivity contribution in [2.24, 2.45) is 5.92 Å². The number of rotatable bonds is 8. The summed E-state index contributed by atoms with van der Waals surface area (Å²) in [4.78, 5) is 12.4. The van der Waals surface area contributed by atoms with Crippen LogP contribution in [0.2, 0.25) is 0 Å². The number of nitrogens with one attached hydrogen (secondary N) is 1. The van der Waals surface area contributed by atoms with Gasteiger partial charge in [-0.05, 0) is 39.0 Å². The first-order valence-electron chi connectivity index (χ1n) is 8.80. The first-order chi connectivity index (χ1) is 12.1. The summed E-state index contributed by atoms with van der Waals surface area (Å²) in [5.41, 5.74) is 3.02. The molecule has 0 atom stereocenters. The summed E-state index contributed by atoms with van der Waals surface area (Å²) < 4.78 is 3.79. The van der Waals surface area contributed by atoms with Crippen LogP contribution in [0, 0.1) is 31.1 Å². The third kappa shape index (κ3) is 4.47. The number of aromatic nitrogens is 4. The molecule has 132 valence electrons. The Morgan fingerprint density at radius 3 is 2.92 bits per heavy atom. The van der Waals surface area contributed by atoms with Crippen molar-refractivity contribution in [3.05, 3.63) is 29.2 Å². The summed E-state index contributed by atoms with van der Waals surface area (Å²) >= 11 is 0. The van der Waals surface area contributed by atoms with E-state index in [1.165, 1.54) is 12.8 Å². The fraction of sp³-hybridized carbons (Fsp3) is 0.556. The highest BCUT2D eigenvalue weighted by Crippen LogP contribution is 2.31. The number of hydrogen-bond acceptors (Lipinski definition) is 4. The Balaban J connectivity index is 1.57. The molecule has 2 aromatic heterocycles. The third-order valence-corrected chi connectivity index (χ3v) is 4.58. The van der Waals surface area contributed by atoms with Gasteiger partial charge in [0.1, 0.15) is 0 Å². The smallest absolute Gasteiger partial charge is 0.230 e. The molecule has 0 bridgehead atoms. The number of anilines is 1. The van der Waals surface area contributed by atoms with E-state index in [4.69, 9.17) is 5.26 Å². The van der Waals surface area contributed by atoms with E-state index in [1.54, 1.807) is 10.7 Å². The molecule has 0 saturated heterocycles. The van der Waals surface area contributed by atoms with Crippen molar-refractivity contribution in [1.82, 2.24) is 19.6 Å². The fourth-order valence-electron chi connectivity index (χ4n) is 2.93. The van der Waals surface area contributed by atoms with Crippen LogP contribution in [0.3, 0.4) is 0 Å². The number of amides is 1. The zero-order chi connectivity index (χ0) is 17.8. The van der Waals surface area contributed by atoms with Gasteiger partial charge in [-0.1, -0.05) is 0 Å². The van der Waals surface area contributed by atoms with Gasteiger partial charge in [0.2, 0.25) is 5.91 Å². The molecule has 25 heavy (non-hydrogen) atoms. The van der Waals surface area contributed by atoms with Crippen molar-refractivity contribution in [2.45, 2.75) is 59.0 Å². The van der Waals surface area contributed by atoms with E-state index < -0.39 is 0 Å². The summed E-state index contributed by atoms with van der Waals surface area (Å²) in [6.07, 6.45) is 5.95. The normalized spacial score (nSPS) is 13.6. The Kier molecular flexibility index (Phi) is 5.17. The molecule has 1 aliphatic rings. The Bertz CT molecular complexity index is 793. The van der Waals surface area contributed by atoms with E-state index in [9.17, 15) is 4.79 Å². The van der Waals surface area contributed by atoms with Crippen molar-refractivity contribution in [1.29, 1.82) is 5.26 Å². The van der Waals surface area contributed by atoms with Crippen molar-refractivity contribution in [3.8, 4) is 6.07 Å². The van der Waals surface area contributed by atoms with Gasteiger partial charge in [0, 0.05) is 43.0 Å². The Labute approximate surface area is 147 Å². The number of carbonyl (C=O) groups excluding carboxylic acids is 1. The number of carbonyl (C=O) groups is 1. The van der Waals surface area contributed by atoms with Gasteiger partial charge < -0.3 is 5.32 Å². The van der Waals surface area contributed by atoms with Crippen LogP contribution in [0.4, 0.5) is 5.82 Å². The lowest BCUT2D eigenvalue weighted by molar-refractivity contribution is -0.115. The molecule has 1 fully saturated rings. The molecule has 0 unspecified atom stereocenters. The van der Waals surface area contributed by atoms with Crippen molar-refractivity contribution in [2.75, 3.05) is 5.32 Å². The lowest BCUT2D eigenvalue weighted by Gasteiger charge is -2.05. The second kappa shape index (κ2) is 7.51. The molecule has 0 aromatic carbocycles. The highest BCUT2D eigenvalue weighted by Gasteiger charge is 2.24. The van der Waals surface area contributed by atoms with Gasteiger partial charge in [0.05, 0.1) is 18.2 Å². The zero-order valence-electron chi connectivity index (χ0n) is 14.8. The minimum atomic E-state index is -0.0838. The highest BCUT2D eigenvalue weighted by molar-refractivity contribution is 5.91. The molecular formula is C18H24N6O. The molecule has 1 saturated carbocycles. The van der Waals surface area contributed by atoms with Gasteiger partial charge in [-0.3, -0.25) is 14.2 Å². The monoisotopic (exact) mass is 340 g/mol. The maximum absolute atomic E-state index is 12.4. The topological polar surface area (TPSA) is 88.5 Å². The number of unbranched alkanes of at least 4 members (excludes halogenated alkanes) is 1. The first kappa shape index (κ1) is 17.2. The lowest BCUT2D eigenvalue weighted by atomic mass is 10.1. The van der Waals surface area contributed by atoms with Gasteiger partial charge in [-0.25, -0.2) is 0 Å². The zero-order valence-corrected chi connectivity index (χ0v) is 14.8. The molecular weight excluding hydrogens is 316 g/mol. The van der Waals surface area contributed by atoms with Crippen LogP contribution in [-0.4, -0.2) is 25.5 Å². The predicted octanol–water partition coefficient (Wildman–Crippen LogP) is 2.59. The fourth-order valence-corrected chi connectivity index (χ4v) is 2.93. The number of nitrogens with zero attached hydrogens (tertiary/aromatic N) is 5. The van der Waals surface area contributed by atoms with Crippen LogP contribution in [0.5, 0.6) is 0 Å². The summed E-state index contributed by atoms with van der Waals surface area (Å²) in [5.74, 6) is 1.21. The second-order valence-corrected chi connectivity index (χ2v) is 6.73. The summed E-state index contributed by atoms with van der Waals surface area (Å²) in [6, 6.07) is 3.89. The van der Waals surface area contributed by atoms with E-state index in [2.05, 4.69) is 21.6 Å². The maximum Gasteiger partial charge on any atom is 0.230 e. The number of aryl methyl sites for hydroxylation is 2. The first-order valence-corrected chi connectivity index (χ1v) is 8.80. The molecule has 0 spiro atoms. The van der Waals surface area contributed by atoms with Crippen LogP contribution >= 0.6 is 0 Å². The highest BCUT2D eigenvalue weighted by atomic mass is 16.1. The van der Waals surface area contributed by atoms with Gasteiger partial charge >= 0.3 is 0 Å². The molecule has 1 amide bonds. The summed E-state index contributed by atoms with van der Waals surface area (Å²) in [7, 11) is 0. The van der Waals surface area contributed by atoms with E-state index in [1.807, 2.05) is 24.7 Å². The Hall–Kier alpha value is -2.62. The van der Waals surface area contributed by atoms with Crippen LogP contribution in [-0.2, 0) is 24.3 Å². The van der Waals surface area contributed by atoms with Crippen molar-refractivity contribution in [3.63, 3.8) is 0 Å². The molecule has 0 radical (unpaired) electrons. The molecule has 7 heteroatoms. The van der Waals surface area contributed by atoms with E-state index in [0.29, 0.717) is 25.2 Å². The van der Waals surface area contributed by atoms with E-state index in [0.717, 1.165) is 35.8 Å². The van der Waals surface area contributed by atoms with E-state index in [-0.39, 0.29) is 5.91 Å². The molecule has 7 nitrogen and oxygen atoms in total. The third-order valence-electron chi connectivity index (χ3n) is 4.58. The van der Waals surface area contributed by atoms with Gasteiger partial charge in [-0.2, -0.15) is 15.5 Å². The van der Waals surface area contributed by atoms with Crippen LogP contribution in [0.15, 0.2) is 12.3 Å². The van der Waals surface area contributed by atoms with E-state index >= 15 is 0 Å². The average molecular weight is 340 g/mol. The standard InChI is InChI=1S/C18H24N6O/c1-13-16(14(2)24(21-13)12-15-5-6-15)11-18(25)20-17-7-10-23(22-17)9-4-3-8-19/h7,10,15H,3-6,9,11-12H2,1-2H3,(H,20,22,25). The quantitative estimate of drug-likeness (QED) is 0.748. The minimum Gasteiger partial charge on any atom is -0.309 e. The predicted molar refractivity (Wildman–Crippen MR) is 93.8 cm³/mol. The number of hydrogen-bond donors (Lipinski definition) is 1. The van der Waals surface area contributed by atoms with Gasteiger partial charge in [-0.15, -0.1) is 0 Å². The summed E-state index contributed by atoms with van der Waals surface area (Å²) in [6.45, 7) is 5.63. The molecule has 3 rings (SSSR count). The lowest BCUT2D eigenvalue weighted by Crippen LogP contribution is -2.16. The average Bonchev–Trinajstić information content (AvgIpc) is 3.23. The van der Waals surface area contributed by atoms with Crippen LogP contribution in [0.1, 0.15) is 42.6 Å². The van der Waals surface area contributed by atoms with Crippen LogP contribution < -0.4 is 5.32 Å². The maximum atomic E-state index is 12.4. The Morgan fingerprint density at radius 2 is 2.20 bits per heavy atom. The molecule has 1 N–H and O–H groups in total. The Morgan fingerprint density at radius 1 is 1.40 bits per heavy atom. The molecule has 0 aliphatic heterocycles. The number of nitriles is 1. The largest absolute Gasteiger partial charge is 0.309 e. The molecule has 1 aliphatic carbocycles.